The van der Waals surface area contributed by atoms with Gasteiger partial charge in [-0.1, -0.05) is 11.6 Å². The van der Waals surface area contributed by atoms with Crippen molar-refractivity contribution in [1.29, 1.82) is 0 Å². The monoisotopic (exact) mass is 427 g/mol. The van der Waals surface area contributed by atoms with E-state index in [9.17, 15) is 9.18 Å². The molecule has 0 radical (unpaired) electrons. The Kier molecular flexibility index (Phi) is 5.20. The Morgan fingerprint density at radius 2 is 1.88 bits per heavy atom. The molecule has 1 aliphatic heterocycles. The summed E-state index contributed by atoms with van der Waals surface area (Å²) in [6.45, 7) is 0.420. The summed E-state index contributed by atoms with van der Waals surface area (Å²) in [5, 5.41) is 0.472. The normalized spacial score (nSPS) is 13.4. The van der Waals surface area contributed by atoms with Crippen molar-refractivity contribution in [2.75, 3.05) is 25.7 Å². The Balaban J connectivity index is 2.08. The SMILES string of the molecule is COc1cc(C(=O)N2CCCc3c(Cl)ccc(F)c32)cc(OC)c1Br. The van der Waals surface area contributed by atoms with Gasteiger partial charge in [0.2, 0.25) is 0 Å². The lowest BCUT2D eigenvalue weighted by Gasteiger charge is -2.30. The van der Waals surface area contributed by atoms with Crippen molar-refractivity contribution in [3.8, 4) is 11.5 Å². The molecule has 0 spiro atoms. The van der Waals surface area contributed by atoms with Crippen LogP contribution in [0.15, 0.2) is 28.7 Å². The Bertz CT molecular complexity index is 818. The van der Waals surface area contributed by atoms with Crippen LogP contribution >= 0.6 is 27.5 Å². The van der Waals surface area contributed by atoms with Crippen LogP contribution in [0.5, 0.6) is 11.5 Å². The first kappa shape index (κ1) is 18.0. The number of carbonyl (C=O) groups excluding carboxylic acids is 1. The van der Waals surface area contributed by atoms with E-state index in [1.54, 1.807) is 12.1 Å². The van der Waals surface area contributed by atoms with Gasteiger partial charge >= 0.3 is 0 Å². The van der Waals surface area contributed by atoms with Gasteiger partial charge < -0.3 is 14.4 Å². The average Bonchev–Trinajstić information content (AvgIpc) is 2.64. The molecule has 1 heterocycles. The van der Waals surface area contributed by atoms with Crippen LogP contribution in [0.1, 0.15) is 22.3 Å². The van der Waals surface area contributed by atoms with Crippen LogP contribution in [0.4, 0.5) is 10.1 Å². The minimum atomic E-state index is -0.455. The van der Waals surface area contributed by atoms with Crippen molar-refractivity contribution < 1.29 is 18.7 Å². The summed E-state index contributed by atoms with van der Waals surface area (Å²) < 4.78 is 25.6. The third kappa shape index (κ3) is 3.20. The third-order valence-corrected chi connectivity index (χ3v) is 5.33. The number of halogens is 3. The molecule has 2 aromatic carbocycles. The molecular weight excluding hydrogens is 413 g/mol. The van der Waals surface area contributed by atoms with E-state index in [0.717, 1.165) is 0 Å². The summed E-state index contributed by atoms with van der Waals surface area (Å²) in [6.07, 6.45) is 1.36. The predicted molar refractivity (Wildman–Crippen MR) is 98.7 cm³/mol. The molecule has 7 heteroatoms. The van der Waals surface area contributed by atoms with E-state index >= 15 is 0 Å². The van der Waals surface area contributed by atoms with Crippen molar-refractivity contribution in [3.05, 3.63) is 50.7 Å². The molecule has 0 N–H and O–H groups in total. The number of fused-ring (bicyclic) bond motifs is 1. The first-order chi connectivity index (χ1) is 12.0. The molecule has 1 amide bonds. The number of hydrogen-bond acceptors (Lipinski definition) is 3. The standard InChI is InChI=1S/C18H16BrClFNO3/c1-24-14-8-10(9-15(25-2)16(14)19)18(23)22-7-3-4-11-12(20)5-6-13(21)17(11)22/h5-6,8-9H,3-4,7H2,1-2H3. The minimum absolute atomic E-state index is 0.254. The first-order valence-electron chi connectivity index (χ1n) is 7.68. The van der Waals surface area contributed by atoms with E-state index in [-0.39, 0.29) is 11.6 Å². The van der Waals surface area contributed by atoms with Gasteiger partial charge in [0.15, 0.2) is 0 Å². The van der Waals surface area contributed by atoms with E-state index < -0.39 is 5.82 Å². The highest BCUT2D eigenvalue weighted by Crippen LogP contribution is 2.39. The quantitative estimate of drug-likeness (QED) is 0.701. The Labute approximate surface area is 158 Å². The van der Waals surface area contributed by atoms with Gasteiger partial charge in [-0.15, -0.1) is 0 Å². The zero-order valence-electron chi connectivity index (χ0n) is 13.7. The predicted octanol–water partition coefficient (Wildman–Crippen LogP) is 4.85. The molecule has 25 heavy (non-hydrogen) atoms. The molecule has 0 unspecified atom stereocenters. The second kappa shape index (κ2) is 7.22. The van der Waals surface area contributed by atoms with Crippen LogP contribution in [0.3, 0.4) is 0 Å². The molecule has 0 aromatic heterocycles. The fourth-order valence-corrected chi connectivity index (χ4v) is 3.79. The van der Waals surface area contributed by atoms with E-state index in [0.29, 0.717) is 51.5 Å². The molecule has 0 fully saturated rings. The molecule has 0 saturated carbocycles. The number of benzene rings is 2. The fraction of sp³-hybridized carbons (Fsp3) is 0.278. The highest BCUT2D eigenvalue weighted by atomic mass is 79.9. The minimum Gasteiger partial charge on any atom is -0.495 e. The van der Waals surface area contributed by atoms with Crippen LogP contribution in [0.25, 0.3) is 0 Å². The summed E-state index contributed by atoms with van der Waals surface area (Å²) in [5.74, 6) is 0.146. The highest BCUT2D eigenvalue weighted by molar-refractivity contribution is 9.10. The number of rotatable bonds is 3. The number of ether oxygens (including phenoxy) is 2. The molecular formula is C18H16BrClFNO3. The topological polar surface area (TPSA) is 38.8 Å². The van der Waals surface area contributed by atoms with Crippen molar-refractivity contribution >= 4 is 39.1 Å². The van der Waals surface area contributed by atoms with Crippen LogP contribution in [0.2, 0.25) is 5.02 Å². The van der Waals surface area contributed by atoms with Gasteiger partial charge in [-0.05, 0) is 58.6 Å². The van der Waals surface area contributed by atoms with E-state index in [2.05, 4.69) is 15.9 Å². The molecule has 4 nitrogen and oxygen atoms in total. The largest absolute Gasteiger partial charge is 0.495 e. The van der Waals surface area contributed by atoms with Gasteiger partial charge in [0.1, 0.15) is 21.8 Å². The second-order valence-corrected chi connectivity index (χ2v) is 6.81. The highest BCUT2D eigenvalue weighted by Gasteiger charge is 2.29. The van der Waals surface area contributed by atoms with E-state index in [1.807, 2.05) is 0 Å². The average molecular weight is 429 g/mol. The van der Waals surface area contributed by atoms with Crippen LogP contribution in [-0.4, -0.2) is 26.7 Å². The Hall–Kier alpha value is -1.79. The van der Waals surface area contributed by atoms with Crippen molar-refractivity contribution in [3.63, 3.8) is 0 Å². The lowest BCUT2D eigenvalue weighted by Crippen LogP contribution is -2.36. The van der Waals surface area contributed by atoms with Crippen molar-refractivity contribution in [2.45, 2.75) is 12.8 Å². The number of anilines is 1. The Morgan fingerprint density at radius 1 is 1.24 bits per heavy atom. The summed E-state index contributed by atoms with van der Waals surface area (Å²) in [6, 6.07) is 6.02. The molecule has 1 aliphatic rings. The van der Waals surface area contributed by atoms with E-state index in [4.69, 9.17) is 21.1 Å². The lowest BCUT2D eigenvalue weighted by atomic mass is 10.00. The summed E-state index contributed by atoms with van der Waals surface area (Å²) >= 11 is 9.57. The summed E-state index contributed by atoms with van der Waals surface area (Å²) in [7, 11) is 3.01. The van der Waals surface area contributed by atoms with Crippen molar-refractivity contribution in [2.24, 2.45) is 0 Å². The zero-order valence-corrected chi connectivity index (χ0v) is 16.1. The number of hydrogen-bond donors (Lipinski definition) is 0. The molecule has 0 atom stereocenters. The van der Waals surface area contributed by atoms with Crippen LogP contribution in [-0.2, 0) is 6.42 Å². The lowest BCUT2D eigenvalue weighted by molar-refractivity contribution is 0.0983. The smallest absolute Gasteiger partial charge is 0.258 e. The second-order valence-electron chi connectivity index (χ2n) is 5.61. The molecule has 0 bridgehead atoms. The molecule has 2 aromatic rings. The van der Waals surface area contributed by atoms with Gasteiger partial charge in [-0.2, -0.15) is 0 Å². The van der Waals surface area contributed by atoms with Crippen molar-refractivity contribution in [1.82, 2.24) is 0 Å². The maximum Gasteiger partial charge on any atom is 0.258 e. The van der Waals surface area contributed by atoms with Gasteiger partial charge in [0.25, 0.3) is 5.91 Å². The van der Waals surface area contributed by atoms with E-state index in [1.165, 1.54) is 31.3 Å². The van der Waals surface area contributed by atoms with Crippen LogP contribution < -0.4 is 14.4 Å². The first-order valence-corrected chi connectivity index (χ1v) is 8.85. The number of nitrogens with zero attached hydrogens (tertiary/aromatic N) is 1. The Morgan fingerprint density at radius 3 is 2.48 bits per heavy atom. The fourth-order valence-electron chi connectivity index (χ4n) is 2.99. The van der Waals surface area contributed by atoms with Gasteiger partial charge in [0.05, 0.1) is 19.9 Å². The van der Waals surface area contributed by atoms with Gasteiger partial charge in [-0.25, -0.2) is 4.39 Å². The number of amides is 1. The number of methoxy groups -OCH3 is 2. The molecule has 3 rings (SSSR count). The zero-order chi connectivity index (χ0) is 18.1. The molecule has 0 saturated heterocycles. The van der Waals surface area contributed by atoms with Crippen LogP contribution in [0, 0.1) is 5.82 Å². The molecule has 0 aliphatic carbocycles. The maximum absolute atomic E-state index is 14.4. The summed E-state index contributed by atoms with van der Waals surface area (Å²) in [4.78, 5) is 14.5. The third-order valence-electron chi connectivity index (χ3n) is 4.19. The van der Waals surface area contributed by atoms with Gasteiger partial charge in [0, 0.05) is 17.1 Å². The number of carbonyl (C=O) groups is 1. The maximum atomic E-state index is 14.4. The molecule has 132 valence electrons. The summed E-state index contributed by atoms with van der Waals surface area (Å²) in [5.41, 5.74) is 1.27. The van der Waals surface area contributed by atoms with Gasteiger partial charge in [-0.3, -0.25) is 4.79 Å².